The minimum atomic E-state index is 0.127. The second kappa shape index (κ2) is 4.77. The van der Waals surface area contributed by atoms with Gasteiger partial charge in [0, 0.05) is 28.1 Å². The van der Waals surface area contributed by atoms with Crippen LogP contribution in [0.3, 0.4) is 0 Å². The fourth-order valence-electron chi connectivity index (χ4n) is 2.46. The van der Waals surface area contributed by atoms with Crippen LogP contribution in [0.25, 0.3) is 10.9 Å². The minimum absolute atomic E-state index is 0.127. The van der Waals surface area contributed by atoms with Crippen LogP contribution in [-0.4, -0.2) is 11.0 Å². The Morgan fingerprint density at radius 2 is 1.89 bits per heavy atom. The van der Waals surface area contributed by atoms with E-state index in [1.807, 2.05) is 0 Å². The molecule has 1 aromatic carbocycles. The van der Waals surface area contributed by atoms with Crippen molar-refractivity contribution in [3.63, 3.8) is 0 Å². The molecule has 0 amide bonds. The Hall–Kier alpha value is -1.28. The van der Waals surface area contributed by atoms with Gasteiger partial charge in [-0.1, -0.05) is 45.9 Å². The summed E-state index contributed by atoms with van der Waals surface area (Å²) < 4.78 is 0. The first-order valence-electron chi connectivity index (χ1n) is 6.79. The van der Waals surface area contributed by atoms with Crippen molar-refractivity contribution >= 4 is 10.9 Å². The van der Waals surface area contributed by atoms with Crippen LogP contribution < -0.4 is 5.73 Å². The van der Waals surface area contributed by atoms with Gasteiger partial charge in [0.1, 0.15) is 0 Å². The molecule has 0 saturated heterocycles. The van der Waals surface area contributed by atoms with Gasteiger partial charge in [0.25, 0.3) is 0 Å². The average Bonchev–Trinajstić information content (AvgIpc) is 2.68. The molecular weight excluding hydrogens is 220 g/mol. The molecule has 1 unspecified atom stereocenters. The molecule has 2 nitrogen and oxygen atoms in total. The lowest BCUT2D eigenvalue weighted by Gasteiger charge is -2.20. The van der Waals surface area contributed by atoms with Crippen LogP contribution in [0.1, 0.15) is 45.4 Å². The van der Waals surface area contributed by atoms with Crippen LogP contribution in [0.5, 0.6) is 0 Å². The number of aromatic amines is 1. The zero-order valence-electron chi connectivity index (χ0n) is 11.9. The third kappa shape index (κ3) is 2.44. The van der Waals surface area contributed by atoms with Gasteiger partial charge in [-0.05, 0) is 24.5 Å². The number of nitrogens with one attached hydrogen (secondary N) is 1. The van der Waals surface area contributed by atoms with Crippen molar-refractivity contribution in [2.45, 2.75) is 52.0 Å². The number of rotatable bonds is 3. The molecule has 1 heterocycles. The van der Waals surface area contributed by atoms with E-state index in [1.165, 1.54) is 22.2 Å². The Labute approximate surface area is 110 Å². The number of hydrogen-bond donors (Lipinski definition) is 2. The molecule has 2 rings (SSSR count). The normalized spacial score (nSPS) is 14.1. The molecule has 98 valence electrons. The first-order chi connectivity index (χ1) is 8.43. The van der Waals surface area contributed by atoms with Crippen molar-refractivity contribution in [3.8, 4) is 0 Å². The van der Waals surface area contributed by atoms with E-state index < -0.39 is 0 Å². The predicted molar refractivity (Wildman–Crippen MR) is 79.0 cm³/mol. The Morgan fingerprint density at radius 3 is 2.50 bits per heavy atom. The Morgan fingerprint density at radius 1 is 1.22 bits per heavy atom. The van der Waals surface area contributed by atoms with Crippen molar-refractivity contribution in [3.05, 3.63) is 35.5 Å². The van der Waals surface area contributed by atoms with E-state index in [0.717, 1.165) is 12.8 Å². The summed E-state index contributed by atoms with van der Waals surface area (Å²) in [6.07, 6.45) is 1.97. The first-order valence-corrected chi connectivity index (χ1v) is 6.79. The summed E-state index contributed by atoms with van der Waals surface area (Å²) in [5.41, 5.74) is 10.2. The van der Waals surface area contributed by atoms with Crippen LogP contribution >= 0.6 is 0 Å². The van der Waals surface area contributed by atoms with E-state index in [2.05, 4.69) is 56.9 Å². The van der Waals surface area contributed by atoms with Crippen molar-refractivity contribution < 1.29 is 0 Å². The lowest BCUT2D eigenvalue weighted by Crippen LogP contribution is -2.24. The van der Waals surface area contributed by atoms with Crippen molar-refractivity contribution in [2.75, 3.05) is 0 Å². The number of nitrogens with two attached hydrogens (primary N) is 1. The molecule has 0 radical (unpaired) electrons. The van der Waals surface area contributed by atoms with Crippen LogP contribution in [-0.2, 0) is 11.8 Å². The maximum Gasteiger partial charge on any atom is 0.0459 e. The molecule has 0 aliphatic heterocycles. The molecule has 0 bridgehead atoms. The number of hydrogen-bond acceptors (Lipinski definition) is 1. The van der Waals surface area contributed by atoms with E-state index in [-0.39, 0.29) is 11.5 Å². The second-order valence-corrected chi connectivity index (χ2v) is 6.15. The Kier molecular flexibility index (Phi) is 3.49. The van der Waals surface area contributed by atoms with E-state index >= 15 is 0 Å². The van der Waals surface area contributed by atoms with E-state index in [0.29, 0.717) is 0 Å². The lowest BCUT2D eigenvalue weighted by atomic mass is 9.86. The number of aromatic nitrogens is 1. The zero-order chi connectivity index (χ0) is 13.3. The topological polar surface area (TPSA) is 41.8 Å². The molecule has 0 spiro atoms. The summed E-state index contributed by atoms with van der Waals surface area (Å²) in [4.78, 5) is 3.58. The summed E-state index contributed by atoms with van der Waals surface area (Å²) in [5, 5.41) is 1.33. The lowest BCUT2D eigenvalue weighted by molar-refractivity contribution is 0.557. The summed E-state index contributed by atoms with van der Waals surface area (Å²) in [5.74, 6) is 0. The highest BCUT2D eigenvalue weighted by molar-refractivity contribution is 5.85. The molecule has 0 aliphatic carbocycles. The number of benzene rings is 1. The van der Waals surface area contributed by atoms with Gasteiger partial charge in [-0.15, -0.1) is 0 Å². The van der Waals surface area contributed by atoms with E-state index in [9.17, 15) is 0 Å². The number of H-pyrrole nitrogens is 1. The fourth-order valence-corrected chi connectivity index (χ4v) is 2.46. The molecule has 2 heteroatoms. The summed E-state index contributed by atoms with van der Waals surface area (Å²) in [6, 6.07) is 8.76. The van der Waals surface area contributed by atoms with Gasteiger partial charge in [0.2, 0.25) is 0 Å². The molecule has 1 atom stereocenters. The first kappa shape index (κ1) is 13.2. The SMILES string of the molecule is CCC(N)Cc1c(C(C)(C)C)[nH]c2ccccc12. The van der Waals surface area contributed by atoms with Gasteiger partial charge in [-0.2, -0.15) is 0 Å². The van der Waals surface area contributed by atoms with Crippen molar-refractivity contribution in [1.82, 2.24) is 4.98 Å². The third-order valence-electron chi connectivity index (χ3n) is 3.55. The molecule has 18 heavy (non-hydrogen) atoms. The second-order valence-electron chi connectivity index (χ2n) is 6.15. The van der Waals surface area contributed by atoms with Crippen LogP contribution in [0, 0.1) is 0 Å². The molecule has 2 aromatic rings. The molecule has 1 aromatic heterocycles. The number of para-hydroxylation sites is 1. The highest BCUT2D eigenvalue weighted by Gasteiger charge is 2.23. The monoisotopic (exact) mass is 244 g/mol. The van der Waals surface area contributed by atoms with E-state index in [4.69, 9.17) is 5.73 Å². The van der Waals surface area contributed by atoms with Crippen molar-refractivity contribution in [1.29, 1.82) is 0 Å². The van der Waals surface area contributed by atoms with Crippen molar-refractivity contribution in [2.24, 2.45) is 5.73 Å². The standard InChI is InChI=1S/C16H24N2/c1-5-11(17)10-13-12-8-6-7-9-14(12)18-15(13)16(2,3)4/h6-9,11,18H,5,10,17H2,1-4H3. The van der Waals surface area contributed by atoms with Crippen LogP contribution in [0.4, 0.5) is 0 Å². The van der Waals surface area contributed by atoms with E-state index in [1.54, 1.807) is 0 Å². The van der Waals surface area contributed by atoms with Gasteiger partial charge in [0.05, 0.1) is 0 Å². The highest BCUT2D eigenvalue weighted by atomic mass is 14.7. The Balaban J connectivity index is 2.58. The maximum absolute atomic E-state index is 6.15. The predicted octanol–water partition coefficient (Wildman–Crippen LogP) is 3.75. The third-order valence-corrected chi connectivity index (χ3v) is 3.55. The van der Waals surface area contributed by atoms with Gasteiger partial charge in [-0.3, -0.25) is 0 Å². The minimum Gasteiger partial charge on any atom is -0.358 e. The molecular formula is C16H24N2. The largest absolute Gasteiger partial charge is 0.358 e. The smallest absolute Gasteiger partial charge is 0.0459 e. The van der Waals surface area contributed by atoms with Gasteiger partial charge in [-0.25, -0.2) is 0 Å². The summed E-state index contributed by atoms with van der Waals surface area (Å²) in [6.45, 7) is 8.90. The van der Waals surface area contributed by atoms with Crippen LogP contribution in [0.2, 0.25) is 0 Å². The summed E-state index contributed by atoms with van der Waals surface area (Å²) >= 11 is 0. The molecule has 0 saturated carbocycles. The molecule has 3 N–H and O–H groups in total. The van der Waals surface area contributed by atoms with Gasteiger partial charge < -0.3 is 10.7 Å². The zero-order valence-corrected chi connectivity index (χ0v) is 11.9. The van der Waals surface area contributed by atoms with Gasteiger partial charge in [0.15, 0.2) is 0 Å². The maximum atomic E-state index is 6.15. The fraction of sp³-hybridized carbons (Fsp3) is 0.500. The van der Waals surface area contributed by atoms with Crippen LogP contribution in [0.15, 0.2) is 24.3 Å². The molecule has 0 fully saturated rings. The quantitative estimate of drug-likeness (QED) is 0.848. The summed E-state index contributed by atoms with van der Waals surface area (Å²) in [7, 11) is 0. The molecule has 0 aliphatic rings. The Bertz CT molecular complexity index is 532. The van der Waals surface area contributed by atoms with Gasteiger partial charge >= 0.3 is 0 Å². The average molecular weight is 244 g/mol. The number of fused-ring (bicyclic) bond motifs is 1. The highest BCUT2D eigenvalue weighted by Crippen LogP contribution is 2.32.